The fourth-order valence-corrected chi connectivity index (χ4v) is 1.62. The van der Waals surface area contributed by atoms with E-state index in [1.807, 2.05) is 7.05 Å². The summed E-state index contributed by atoms with van der Waals surface area (Å²) in [6.07, 6.45) is 5.14. The number of amides is 1. The molecule has 1 aromatic rings. The zero-order valence-electron chi connectivity index (χ0n) is 8.08. The van der Waals surface area contributed by atoms with Crippen LogP contribution >= 0.6 is 0 Å². The van der Waals surface area contributed by atoms with Crippen LogP contribution in [0.15, 0.2) is 12.4 Å². The first-order chi connectivity index (χ1) is 6.79. The maximum absolute atomic E-state index is 11.6. The predicted octanol–water partition coefficient (Wildman–Crippen LogP) is 0.346. The van der Waals surface area contributed by atoms with Gasteiger partial charge in [0.1, 0.15) is 0 Å². The van der Waals surface area contributed by atoms with E-state index in [2.05, 4.69) is 20.6 Å². The van der Waals surface area contributed by atoms with Crippen molar-refractivity contribution in [2.24, 2.45) is 5.92 Å². The third kappa shape index (κ3) is 1.77. The Hall–Kier alpha value is -1.36. The number of aromatic amines is 1. The smallest absolute Gasteiger partial charge is 0.229 e. The van der Waals surface area contributed by atoms with Crippen molar-refractivity contribution < 1.29 is 4.79 Å². The van der Waals surface area contributed by atoms with Crippen molar-refractivity contribution in [3.8, 4) is 0 Å². The van der Waals surface area contributed by atoms with E-state index in [1.165, 1.54) is 0 Å². The molecular formula is C9H14N4O. The average Bonchev–Trinajstić information content (AvgIpc) is 2.54. The lowest BCUT2D eigenvalue weighted by molar-refractivity contribution is -0.122. The van der Waals surface area contributed by atoms with E-state index in [0.29, 0.717) is 12.0 Å². The van der Waals surface area contributed by atoms with Gasteiger partial charge >= 0.3 is 0 Å². The van der Waals surface area contributed by atoms with Gasteiger partial charge in [-0.05, 0) is 19.9 Å². The molecule has 1 aliphatic carbocycles. The molecule has 0 bridgehead atoms. The Morgan fingerprint density at radius 3 is 3.00 bits per heavy atom. The van der Waals surface area contributed by atoms with E-state index < -0.39 is 0 Å². The lowest BCUT2D eigenvalue weighted by Crippen LogP contribution is -2.44. The lowest BCUT2D eigenvalue weighted by atomic mass is 9.80. The second-order valence-corrected chi connectivity index (χ2v) is 3.58. The molecule has 76 valence electrons. The van der Waals surface area contributed by atoms with Gasteiger partial charge in [-0.2, -0.15) is 0 Å². The zero-order valence-corrected chi connectivity index (χ0v) is 8.08. The fraction of sp³-hybridized carbons (Fsp3) is 0.556. The molecule has 1 fully saturated rings. The minimum Gasteiger partial charge on any atom is -0.331 e. The molecule has 1 heterocycles. The number of nitrogens with one attached hydrogen (secondary N) is 3. The number of rotatable bonds is 3. The molecule has 0 radical (unpaired) electrons. The first-order valence-corrected chi connectivity index (χ1v) is 4.77. The molecule has 1 amide bonds. The van der Waals surface area contributed by atoms with E-state index in [9.17, 15) is 4.79 Å². The number of hydrogen-bond donors (Lipinski definition) is 3. The van der Waals surface area contributed by atoms with E-state index in [-0.39, 0.29) is 11.8 Å². The Kier molecular flexibility index (Phi) is 2.49. The molecule has 0 saturated heterocycles. The Balaban J connectivity index is 1.80. The lowest BCUT2D eigenvalue weighted by Gasteiger charge is -2.33. The summed E-state index contributed by atoms with van der Waals surface area (Å²) in [5, 5.41) is 5.88. The largest absolute Gasteiger partial charge is 0.331 e. The summed E-state index contributed by atoms with van der Waals surface area (Å²) >= 11 is 0. The first-order valence-electron chi connectivity index (χ1n) is 4.77. The van der Waals surface area contributed by atoms with Gasteiger partial charge in [-0.25, -0.2) is 4.98 Å². The Bertz CT molecular complexity index is 303. The maximum Gasteiger partial charge on any atom is 0.229 e. The van der Waals surface area contributed by atoms with Crippen LogP contribution in [-0.4, -0.2) is 29.0 Å². The molecule has 14 heavy (non-hydrogen) atoms. The van der Waals surface area contributed by atoms with Gasteiger partial charge in [-0.3, -0.25) is 10.1 Å². The molecule has 3 N–H and O–H groups in total. The number of hydrogen-bond acceptors (Lipinski definition) is 3. The summed E-state index contributed by atoms with van der Waals surface area (Å²) in [6, 6.07) is 0.502. The van der Waals surface area contributed by atoms with E-state index in [0.717, 1.165) is 12.8 Å². The number of nitrogens with zero attached hydrogens (tertiary/aromatic N) is 1. The van der Waals surface area contributed by atoms with Gasteiger partial charge in [-0.1, -0.05) is 0 Å². The van der Waals surface area contributed by atoms with E-state index in [4.69, 9.17) is 0 Å². The number of anilines is 1. The van der Waals surface area contributed by atoms with Crippen LogP contribution in [0.25, 0.3) is 0 Å². The molecule has 5 nitrogen and oxygen atoms in total. The van der Waals surface area contributed by atoms with Crippen molar-refractivity contribution in [1.82, 2.24) is 15.3 Å². The summed E-state index contributed by atoms with van der Waals surface area (Å²) in [5.74, 6) is 0.729. The highest BCUT2D eigenvalue weighted by Crippen LogP contribution is 2.27. The second kappa shape index (κ2) is 3.79. The van der Waals surface area contributed by atoms with Crippen LogP contribution in [-0.2, 0) is 4.79 Å². The van der Waals surface area contributed by atoms with Crippen molar-refractivity contribution in [3.63, 3.8) is 0 Å². The number of H-pyrrole nitrogens is 1. The third-order valence-corrected chi connectivity index (χ3v) is 2.66. The first kappa shape index (κ1) is 9.21. The minimum atomic E-state index is 0.0615. The highest BCUT2D eigenvalue weighted by atomic mass is 16.2. The Labute approximate surface area is 82.3 Å². The molecule has 2 rings (SSSR count). The maximum atomic E-state index is 11.6. The molecule has 5 heteroatoms. The number of carbonyl (C=O) groups excluding carboxylic acids is 1. The highest BCUT2D eigenvalue weighted by molar-refractivity contribution is 5.91. The quantitative estimate of drug-likeness (QED) is 0.650. The monoisotopic (exact) mass is 194 g/mol. The fourth-order valence-electron chi connectivity index (χ4n) is 1.62. The normalized spacial score (nSPS) is 25.5. The zero-order chi connectivity index (χ0) is 9.97. The van der Waals surface area contributed by atoms with Crippen LogP contribution in [0.3, 0.4) is 0 Å². The molecular weight excluding hydrogens is 180 g/mol. The van der Waals surface area contributed by atoms with Crippen molar-refractivity contribution in [3.05, 3.63) is 12.4 Å². The standard InChI is InChI=1S/C9H14N4O/c1-10-7-4-6(5-7)8(14)13-9-11-2-3-12-9/h2-3,6-7,10H,4-5H2,1H3,(H2,11,12,13,14). The van der Waals surface area contributed by atoms with Crippen LogP contribution in [0.2, 0.25) is 0 Å². The van der Waals surface area contributed by atoms with Gasteiger partial charge in [0, 0.05) is 24.4 Å². The van der Waals surface area contributed by atoms with Crippen molar-refractivity contribution in [1.29, 1.82) is 0 Å². The summed E-state index contributed by atoms with van der Waals surface area (Å²) in [4.78, 5) is 18.3. The minimum absolute atomic E-state index is 0.0615. The van der Waals surface area contributed by atoms with Gasteiger partial charge in [0.25, 0.3) is 0 Å². The van der Waals surface area contributed by atoms with Crippen LogP contribution in [0.4, 0.5) is 5.95 Å². The summed E-state index contributed by atoms with van der Waals surface area (Å²) in [7, 11) is 1.92. The van der Waals surface area contributed by atoms with Crippen LogP contribution < -0.4 is 10.6 Å². The third-order valence-electron chi connectivity index (χ3n) is 2.66. The second-order valence-electron chi connectivity index (χ2n) is 3.58. The average molecular weight is 194 g/mol. The molecule has 0 atom stereocenters. The van der Waals surface area contributed by atoms with Gasteiger partial charge < -0.3 is 10.3 Å². The number of carbonyl (C=O) groups is 1. The van der Waals surface area contributed by atoms with Crippen molar-refractivity contribution in [2.45, 2.75) is 18.9 Å². The van der Waals surface area contributed by atoms with Crippen LogP contribution in [0.1, 0.15) is 12.8 Å². The molecule has 0 aliphatic heterocycles. The molecule has 1 aliphatic rings. The van der Waals surface area contributed by atoms with E-state index in [1.54, 1.807) is 12.4 Å². The summed E-state index contributed by atoms with van der Waals surface area (Å²) in [6.45, 7) is 0. The summed E-state index contributed by atoms with van der Waals surface area (Å²) in [5.41, 5.74) is 0. The van der Waals surface area contributed by atoms with Crippen LogP contribution in [0, 0.1) is 5.92 Å². The van der Waals surface area contributed by atoms with Crippen molar-refractivity contribution >= 4 is 11.9 Å². The van der Waals surface area contributed by atoms with Gasteiger partial charge in [0.15, 0.2) is 0 Å². The molecule has 0 spiro atoms. The number of aromatic nitrogens is 2. The molecule has 0 aromatic carbocycles. The van der Waals surface area contributed by atoms with E-state index >= 15 is 0 Å². The summed E-state index contributed by atoms with van der Waals surface area (Å²) < 4.78 is 0. The Morgan fingerprint density at radius 1 is 1.64 bits per heavy atom. The van der Waals surface area contributed by atoms with Crippen molar-refractivity contribution in [2.75, 3.05) is 12.4 Å². The number of imidazole rings is 1. The Morgan fingerprint density at radius 2 is 2.43 bits per heavy atom. The van der Waals surface area contributed by atoms with Gasteiger partial charge in [0.05, 0.1) is 0 Å². The molecule has 1 saturated carbocycles. The topological polar surface area (TPSA) is 69.8 Å². The molecule has 0 unspecified atom stereocenters. The predicted molar refractivity (Wildman–Crippen MR) is 52.8 cm³/mol. The van der Waals surface area contributed by atoms with Crippen LogP contribution in [0.5, 0.6) is 0 Å². The molecule has 1 aromatic heterocycles. The van der Waals surface area contributed by atoms with Gasteiger partial charge in [-0.15, -0.1) is 0 Å². The highest BCUT2D eigenvalue weighted by Gasteiger charge is 2.33. The SMILES string of the molecule is CNC1CC(C(=O)Nc2ncc[nH]2)C1. The van der Waals surface area contributed by atoms with Gasteiger partial charge in [0.2, 0.25) is 11.9 Å².